The molecule has 0 aliphatic rings. The van der Waals surface area contributed by atoms with Gasteiger partial charge in [0.15, 0.2) is 0 Å². The van der Waals surface area contributed by atoms with E-state index in [1.54, 1.807) is 6.20 Å². The van der Waals surface area contributed by atoms with Crippen LogP contribution in [0.25, 0.3) is 0 Å². The molecule has 0 unspecified atom stereocenters. The minimum absolute atomic E-state index is 0.242. The number of aryl methyl sites for hydroxylation is 2. The number of aromatic nitrogens is 1. The number of nitrogens with one attached hydrogen (secondary N) is 2. The lowest BCUT2D eigenvalue weighted by Gasteiger charge is -2.13. The van der Waals surface area contributed by atoms with Crippen LogP contribution in [0.15, 0.2) is 65.3 Å². The van der Waals surface area contributed by atoms with E-state index in [0.29, 0.717) is 13.2 Å². The fourth-order valence-corrected chi connectivity index (χ4v) is 3.52. The molecule has 1 heterocycles. The van der Waals surface area contributed by atoms with Crippen molar-refractivity contribution in [2.45, 2.75) is 27.0 Å². The molecule has 0 aliphatic carbocycles. The van der Waals surface area contributed by atoms with E-state index in [9.17, 15) is 4.79 Å². The highest BCUT2D eigenvalue weighted by Gasteiger charge is 2.08. The Morgan fingerprint density at radius 3 is 2.57 bits per heavy atom. The van der Waals surface area contributed by atoms with Crippen molar-refractivity contribution in [1.29, 1.82) is 0 Å². The molecule has 6 heteroatoms. The summed E-state index contributed by atoms with van der Waals surface area (Å²) in [5, 5.41) is 5.81. The molecule has 0 aliphatic heterocycles. The van der Waals surface area contributed by atoms with E-state index in [0.717, 1.165) is 38.3 Å². The van der Waals surface area contributed by atoms with Gasteiger partial charge in [0.05, 0.1) is 5.69 Å². The van der Waals surface area contributed by atoms with Crippen molar-refractivity contribution in [3.05, 3.63) is 87.7 Å². The molecule has 144 valence electrons. The van der Waals surface area contributed by atoms with E-state index in [1.165, 1.54) is 0 Å². The number of hydrogen-bond acceptors (Lipinski definition) is 3. The number of ether oxygens (including phenoxy) is 1. The van der Waals surface area contributed by atoms with Crippen LogP contribution in [0.5, 0.6) is 5.75 Å². The van der Waals surface area contributed by atoms with Gasteiger partial charge in [0, 0.05) is 22.9 Å². The average Bonchev–Trinajstić information content (AvgIpc) is 2.69. The number of carbonyl (C=O) groups is 1. The Balaban J connectivity index is 1.55. The maximum atomic E-state index is 12.3. The minimum Gasteiger partial charge on any atom is -0.487 e. The lowest BCUT2D eigenvalue weighted by molar-refractivity contribution is 0.251. The quantitative estimate of drug-likeness (QED) is 0.543. The summed E-state index contributed by atoms with van der Waals surface area (Å²) in [6, 6.07) is 17.1. The maximum Gasteiger partial charge on any atom is 0.319 e. The number of benzene rings is 2. The third-order valence-corrected chi connectivity index (χ3v) is 4.66. The highest BCUT2D eigenvalue weighted by atomic mass is 79.9. The van der Waals surface area contributed by atoms with Crippen molar-refractivity contribution in [2.75, 3.05) is 5.32 Å². The fourth-order valence-electron chi connectivity index (χ4n) is 2.83. The van der Waals surface area contributed by atoms with E-state index in [1.807, 2.05) is 68.4 Å². The second-order valence-corrected chi connectivity index (χ2v) is 7.40. The molecule has 28 heavy (non-hydrogen) atoms. The Kier molecular flexibility index (Phi) is 6.66. The molecule has 2 amide bonds. The van der Waals surface area contributed by atoms with Crippen molar-refractivity contribution in [1.82, 2.24) is 10.3 Å². The molecule has 0 spiro atoms. The number of anilines is 1. The van der Waals surface area contributed by atoms with Crippen molar-refractivity contribution in [3.63, 3.8) is 0 Å². The Morgan fingerprint density at radius 2 is 1.86 bits per heavy atom. The third kappa shape index (κ3) is 5.57. The molecular weight excluding hydrogens is 418 g/mol. The van der Waals surface area contributed by atoms with Crippen LogP contribution < -0.4 is 15.4 Å². The summed E-state index contributed by atoms with van der Waals surface area (Å²) in [6.07, 6.45) is 1.74. The van der Waals surface area contributed by atoms with Gasteiger partial charge in [-0.25, -0.2) is 4.79 Å². The Hall–Kier alpha value is -2.86. The van der Waals surface area contributed by atoms with Gasteiger partial charge in [-0.15, -0.1) is 0 Å². The summed E-state index contributed by atoms with van der Waals surface area (Å²) >= 11 is 3.46. The van der Waals surface area contributed by atoms with Gasteiger partial charge in [0.25, 0.3) is 0 Å². The van der Waals surface area contributed by atoms with Crippen molar-refractivity contribution in [2.24, 2.45) is 0 Å². The number of pyridine rings is 1. The predicted molar refractivity (Wildman–Crippen MR) is 114 cm³/mol. The van der Waals surface area contributed by atoms with Crippen LogP contribution in [0.2, 0.25) is 0 Å². The minimum atomic E-state index is -0.242. The zero-order valence-electron chi connectivity index (χ0n) is 15.8. The largest absolute Gasteiger partial charge is 0.487 e. The van der Waals surface area contributed by atoms with Gasteiger partial charge in [-0.1, -0.05) is 34.1 Å². The highest BCUT2D eigenvalue weighted by Crippen LogP contribution is 2.25. The Bertz CT molecular complexity index is 938. The number of rotatable bonds is 6. The standard InChI is InChI=1S/C22H22BrN3O2/c1-15-10-18(23)11-16(2)21(15)26-22(27)25-13-17-6-5-8-20(12-17)28-14-19-7-3-4-9-24-19/h3-12H,13-14H2,1-2H3,(H2,25,26,27). The van der Waals surface area contributed by atoms with Crippen LogP contribution in [-0.2, 0) is 13.2 Å². The summed E-state index contributed by atoms with van der Waals surface area (Å²) in [6.45, 7) is 4.74. The first-order chi connectivity index (χ1) is 13.5. The smallest absolute Gasteiger partial charge is 0.319 e. The van der Waals surface area contributed by atoms with Crippen molar-refractivity contribution < 1.29 is 9.53 Å². The lowest BCUT2D eigenvalue weighted by atomic mass is 10.1. The molecule has 0 saturated carbocycles. The number of halogens is 1. The summed E-state index contributed by atoms with van der Waals surface area (Å²) in [7, 11) is 0. The Morgan fingerprint density at radius 1 is 1.07 bits per heavy atom. The molecule has 0 bridgehead atoms. The molecule has 3 rings (SSSR count). The first kappa shape index (κ1) is 19.9. The molecule has 2 N–H and O–H groups in total. The summed E-state index contributed by atoms with van der Waals surface area (Å²) in [4.78, 5) is 16.5. The SMILES string of the molecule is Cc1cc(Br)cc(C)c1NC(=O)NCc1cccc(OCc2ccccn2)c1. The van der Waals surface area contributed by atoms with Crippen molar-refractivity contribution in [3.8, 4) is 5.75 Å². The molecule has 2 aromatic carbocycles. The van der Waals surface area contributed by atoms with Crippen LogP contribution in [0.3, 0.4) is 0 Å². The molecule has 3 aromatic rings. The first-order valence-electron chi connectivity index (χ1n) is 8.94. The van der Waals surface area contributed by atoms with Gasteiger partial charge < -0.3 is 15.4 Å². The van der Waals surface area contributed by atoms with Crippen LogP contribution in [-0.4, -0.2) is 11.0 Å². The molecule has 0 atom stereocenters. The van der Waals surface area contributed by atoms with Gasteiger partial charge in [0.1, 0.15) is 12.4 Å². The molecule has 0 radical (unpaired) electrons. The number of amides is 2. The van der Waals surface area contributed by atoms with Crippen LogP contribution in [0, 0.1) is 13.8 Å². The zero-order chi connectivity index (χ0) is 19.9. The summed E-state index contributed by atoms with van der Waals surface area (Å²) in [5.41, 5.74) is 4.66. The molecule has 0 fully saturated rings. The summed E-state index contributed by atoms with van der Waals surface area (Å²) in [5.74, 6) is 0.741. The van der Waals surface area contributed by atoms with Gasteiger partial charge in [0.2, 0.25) is 0 Å². The second kappa shape index (κ2) is 9.37. The first-order valence-corrected chi connectivity index (χ1v) is 9.74. The molecule has 5 nitrogen and oxygen atoms in total. The van der Waals surface area contributed by atoms with Crippen LogP contribution in [0.4, 0.5) is 10.5 Å². The maximum absolute atomic E-state index is 12.3. The van der Waals surface area contributed by atoms with Gasteiger partial charge >= 0.3 is 6.03 Å². The average molecular weight is 440 g/mol. The Labute approximate surface area is 173 Å². The van der Waals surface area contributed by atoms with E-state index in [-0.39, 0.29) is 6.03 Å². The number of nitrogens with zero attached hydrogens (tertiary/aromatic N) is 1. The van der Waals surface area contributed by atoms with E-state index in [2.05, 4.69) is 31.5 Å². The fraction of sp³-hybridized carbons (Fsp3) is 0.182. The predicted octanol–water partition coefficient (Wildman–Crippen LogP) is 5.36. The highest BCUT2D eigenvalue weighted by molar-refractivity contribution is 9.10. The lowest BCUT2D eigenvalue weighted by Crippen LogP contribution is -2.28. The molecular formula is C22H22BrN3O2. The third-order valence-electron chi connectivity index (χ3n) is 4.20. The van der Waals surface area contributed by atoms with Gasteiger partial charge in [-0.3, -0.25) is 4.98 Å². The van der Waals surface area contributed by atoms with Crippen LogP contribution in [0.1, 0.15) is 22.4 Å². The molecule has 1 aromatic heterocycles. The van der Waals surface area contributed by atoms with E-state index in [4.69, 9.17) is 4.74 Å². The number of urea groups is 1. The number of carbonyl (C=O) groups excluding carboxylic acids is 1. The van der Waals surface area contributed by atoms with E-state index < -0.39 is 0 Å². The van der Waals surface area contributed by atoms with Crippen LogP contribution >= 0.6 is 15.9 Å². The molecule has 0 saturated heterocycles. The second-order valence-electron chi connectivity index (χ2n) is 6.48. The van der Waals surface area contributed by atoms with Gasteiger partial charge in [-0.2, -0.15) is 0 Å². The van der Waals surface area contributed by atoms with Crippen molar-refractivity contribution >= 4 is 27.6 Å². The summed E-state index contributed by atoms with van der Waals surface area (Å²) < 4.78 is 6.78. The van der Waals surface area contributed by atoms with E-state index >= 15 is 0 Å². The normalized spacial score (nSPS) is 10.4. The number of hydrogen-bond donors (Lipinski definition) is 2. The zero-order valence-corrected chi connectivity index (χ0v) is 17.4. The topological polar surface area (TPSA) is 63.2 Å². The van der Waals surface area contributed by atoms with Gasteiger partial charge in [-0.05, 0) is 66.9 Å². The monoisotopic (exact) mass is 439 g/mol.